The minimum atomic E-state index is -0.0716. The summed E-state index contributed by atoms with van der Waals surface area (Å²) < 4.78 is 6.00. The molecule has 4 heteroatoms. The number of benzene rings is 1. The monoisotopic (exact) mass is 365 g/mol. The molecule has 1 heterocycles. The fraction of sp³-hybridized carbons (Fsp3) is 0.667. The highest BCUT2D eigenvalue weighted by Gasteiger charge is 2.40. The zero-order valence-corrected chi connectivity index (χ0v) is 16.8. The van der Waals surface area contributed by atoms with Crippen LogP contribution in [0, 0.1) is 11.3 Å². The maximum absolute atomic E-state index is 12.9. The molecule has 1 saturated heterocycles. The van der Waals surface area contributed by atoms with E-state index in [-0.39, 0.29) is 17.4 Å². The fourth-order valence-corrected chi connectivity index (χ4v) is 4.08. The van der Waals surface area contributed by atoms with E-state index in [9.17, 15) is 4.79 Å². The Hall–Kier alpha value is -1.06. The molecule has 1 aliphatic heterocycles. The molecule has 3 nitrogen and oxygen atoms in total. The first-order valence-corrected chi connectivity index (χ1v) is 9.91. The molecule has 140 valence electrons. The number of rotatable bonds is 7. The minimum absolute atomic E-state index is 0.0716. The van der Waals surface area contributed by atoms with Crippen LogP contribution in [0.15, 0.2) is 24.3 Å². The van der Waals surface area contributed by atoms with Crippen molar-refractivity contribution in [2.75, 3.05) is 19.7 Å². The smallest absolute Gasteiger partial charge is 0.223 e. The Morgan fingerprint density at radius 2 is 2.00 bits per heavy atom. The third-order valence-corrected chi connectivity index (χ3v) is 5.88. The van der Waals surface area contributed by atoms with Crippen LogP contribution in [0.3, 0.4) is 0 Å². The number of hydrogen-bond donors (Lipinski definition) is 0. The lowest BCUT2D eigenvalue weighted by Gasteiger charge is -2.43. The van der Waals surface area contributed by atoms with E-state index >= 15 is 0 Å². The molecule has 0 spiro atoms. The fourth-order valence-electron chi connectivity index (χ4n) is 3.88. The van der Waals surface area contributed by atoms with Gasteiger partial charge in [-0.3, -0.25) is 4.79 Å². The van der Waals surface area contributed by atoms with Crippen LogP contribution in [0.25, 0.3) is 0 Å². The van der Waals surface area contributed by atoms with Crippen LogP contribution in [-0.4, -0.2) is 36.6 Å². The van der Waals surface area contributed by atoms with Gasteiger partial charge in [0.2, 0.25) is 5.91 Å². The zero-order chi connectivity index (χ0) is 18.4. The lowest BCUT2D eigenvalue weighted by atomic mass is 9.69. The molecule has 2 rings (SSSR count). The molecule has 1 aromatic carbocycles. The third kappa shape index (κ3) is 5.21. The van der Waals surface area contributed by atoms with Crippen molar-refractivity contribution >= 4 is 17.5 Å². The van der Waals surface area contributed by atoms with E-state index < -0.39 is 0 Å². The molecule has 0 radical (unpaired) electrons. The molecular formula is C21H32ClNO2. The Kier molecular flexibility index (Phi) is 7.33. The zero-order valence-electron chi connectivity index (χ0n) is 16.1. The summed E-state index contributed by atoms with van der Waals surface area (Å²) in [7, 11) is 0. The Morgan fingerprint density at radius 1 is 1.32 bits per heavy atom. The molecule has 2 atom stereocenters. The van der Waals surface area contributed by atoms with Gasteiger partial charge in [-0.1, -0.05) is 43.6 Å². The van der Waals surface area contributed by atoms with Gasteiger partial charge in [0.25, 0.3) is 0 Å². The van der Waals surface area contributed by atoms with Crippen LogP contribution < -0.4 is 0 Å². The van der Waals surface area contributed by atoms with Gasteiger partial charge in [-0.2, -0.15) is 0 Å². The Labute approximate surface area is 157 Å². The molecule has 0 aromatic heterocycles. The second-order valence-corrected chi connectivity index (χ2v) is 8.03. The van der Waals surface area contributed by atoms with Crippen LogP contribution in [0.1, 0.15) is 52.5 Å². The van der Waals surface area contributed by atoms with Gasteiger partial charge in [0, 0.05) is 31.1 Å². The van der Waals surface area contributed by atoms with Crippen LogP contribution in [0.5, 0.6) is 0 Å². The number of carbonyl (C=O) groups excluding carboxylic acids is 1. The molecule has 0 saturated carbocycles. The van der Waals surface area contributed by atoms with Gasteiger partial charge in [0.1, 0.15) is 0 Å². The van der Waals surface area contributed by atoms with E-state index in [4.69, 9.17) is 16.3 Å². The number of hydrogen-bond acceptors (Lipinski definition) is 2. The highest BCUT2D eigenvalue weighted by Crippen LogP contribution is 2.43. The summed E-state index contributed by atoms with van der Waals surface area (Å²) in [5.74, 6) is 0.705. The van der Waals surface area contributed by atoms with Gasteiger partial charge in [-0.05, 0) is 56.1 Å². The van der Waals surface area contributed by atoms with Gasteiger partial charge in [-0.25, -0.2) is 0 Å². The van der Waals surface area contributed by atoms with E-state index in [0.717, 1.165) is 49.5 Å². The van der Waals surface area contributed by atoms with Gasteiger partial charge < -0.3 is 9.64 Å². The molecule has 1 amide bonds. The molecule has 0 bridgehead atoms. The van der Waals surface area contributed by atoms with Crippen molar-refractivity contribution in [1.82, 2.24) is 4.90 Å². The number of carbonyl (C=O) groups is 1. The predicted octanol–water partition coefficient (Wildman–Crippen LogP) is 4.96. The quantitative estimate of drug-likeness (QED) is 0.683. The number of halogens is 1. The van der Waals surface area contributed by atoms with Crippen molar-refractivity contribution in [3.63, 3.8) is 0 Å². The largest absolute Gasteiger partial charge is 0.378 e. The van der Waals surface area contributed by atoms with Gasteiger partial charge in [0.15, 0.2) is 0 Å². The number of amides is 1. The molecule has 1 fully saturated rings. The van der Waals surface area contributed by atoms with E-state index in [0.29, 0.717) is 12.3 Å². The van der Waals surface area contributed by atoms with Crippen molar-refractivity contribution in [1.29, 1.82) is 0 Å². The van der Waals surface area contributed by atoms with Crippen LogP contribution >= 0.6 is 11.6 Å². The normalized spacial score (nSPS) is 23.7. The maximum Gasteiger partial charge on any atom is 0.223 e. The summed E-state index contributed by atoms with van der Waals surface area (Å²) in [5.41, 5.74) is 1.07. The summed E-state index contributed by atoms with van der Waals surface area (Å²) in [4.78, 5) is 14.8. The van der Waals surface area contributed by atoms with Crippen molar-refractivity contribution in [2.24, 2.45) is 11.3 Å². The average molecular weight is 366 g/mol. The lowest BCUT2D eigenvalue weighted by Crippen LogP contribution is -2.43. The van der Waals surface area contributed by atoms with Crippen molar-refractivity contribution < 1.29 is 9.53 Å². The molecule has 1 aliphatic rings. The number of nitrogens with zero attached hydrogens (tertiary/aromatic N) is 1. The van der Waals surface area contributed by atoms with Crippen molar-refractivity contribution in [3.8, 4) is 0 Å². The molecule has 2 unspecified atom stereocenters. The van der Waals surface area contributed by atoms with Gasteiger partial charge in [0.05, 0.1) is 6.10 Å². The summed E-state index contributed by atoms with van der Waals surface area (Å²) in [6.07, 6.45) is 3.46. The Balaban J connectivity index is 2.27. The molecule has 0 aliphatic carbocycles. The minimum Gasteiger partial charge on any atom is -0.378 e. The predicted molar refractivity (Wildman–Crippen MR) is 104 cm³/mol. The Bertz CT molecular complexity index is 571. The van der Waals surface area contributed by atoms with Crippen LogP contribution in [-0.2, 0) is 16.0 Å². The molecule has 1 aromatic rings. The van der Waals surface area contributed by atoms with E-state index in [1.165, 1.54) is 0 Å². The molecular weight excluding hydrogens is 334 g/mol. The van der Waals surface area contributed by atoms with E-state index in [2.05, 4.69) is 19.9 Å². The average Bonchev–Trinajstić information content (AvgIpc) is 2.58. The molecule has 0 N–H and O–H groups in total. The van der Waals surface area contributed by atoms with E-state index in [1.54, 1.807) is 0 Å². The lowest BCUT2D eigenvalue weighted by molar-refractivity contribution is -0.137. The van der Waals surface area contributed by atoms with Gasteiger partial charge >= 0.3 is 0 Å². The third-order valence-electron chi connectivity index (χ3n) is 5.51. The van der Waals surface area contributed by atoms with Crippen molar-refractivity contribution in [2.45, 2.75) is 59.5 Å². The first kappa shape index (κ1) is 20.3. The standard InChI is InChI=1S/C21H32ClNO2/c1-5-23(6-2)20(24)15-21(11-12-25-19(14-21)16(3)4)13-17-9-7-8-10-18(17)22/h7-10,16,19H,5-6,11-15H2,1-4H3. The summed E-state index contributed by atoms with van der Waals surface area (Å²) in [6.45, 7) is 10.7. The highest BCUT2D eigenvalue weighted by molar-refractivity contribution is 6.31. The maximum atomic E-state index is 12.9. The summed E-state index contributed by atoms with van der Waals surface area (Å²) in [5, 5.41) is 0.796. The SMILES string of the molecule is CCN(CC)C(=O)CC1(Cc2ccccc2Cl)CCOC(C(C)C)C1. The highest BCUT2D eigenvalue weighted by atomic mass is 35.5. The summed E-state index contributed by atoms with van der Waals surface area (Å²) >= 11 is 6.43. The first-order valence-electron chi connectivity index (χ1n) is 9.53. The van der Waals surface area contributed by atoms with E-state index in [1.807, 2.05) is 36.9 Å². The Morgan fingerprint density at radius 3 is 2.60 bits per heavy atom. The topological polar surface area (TPSA) is 29.5 Å². The first-order chi connectivity index (χ1) is 11.9. The van der Waals surface area contributed by atoms with Crippen LogP contribution in [0.4, 0.5) is 0 Å². The van der Waals surface area contributed by atoms with Crippen molar-refractivity contribution in [3.05, 3.63) is 34.9 Å². The second-order valence-electron chi connectivity index (χ2n) is 7.62. The number of ether oxygens (including phenoxy) is 1. The summed E-state index contributed by atoms with van der Waals surface area (Å²) in [6, 6.07) is 8.02. The van der Waals surface area contributed by atoms with Crippen LogP contribution in [0.2, 0.25) is 5.02 Å². The second kappa shape index (κ2) is 9.05. The van der Waals surface area contributed by atoms with Gasteiger partial charge in [-0.15, -0.1) is 0 Å². The molecule has 25 heavy (non-hydrogen) atoms.